The number of nitrogens with one attached hydrogen (secondary N) is 1. The number of sulfonamides is 1. The Morgan fingerprint density at radius 1 is 1.17 bits per heavy atom. The van der Waals surface area contributed by atoms with Crippen LogP contribution in [-0.4, -0.2) is 35.1 Å². The van der Waals surface area contributed by atoms with Crippen molar-refractivity contribution in [1.29, 1.82) is 0 Å². The number of nitrogens with zero attached hydrogens (tertiary/aromatic N) is 2. The fourth-order valence-electron chi connectivity index (χ4n) is 2.48. The summed E-state index contributed by atoms with van der Waals surface area (Å²) in [5.41, 5.74) is 1.66. The Balaban J connectivity index is 2.00. The van der Waals surface area contributed by atoms with E-state index in [2.05, 4.69) is 4.72 Å². The third-order valence-electron chi connectivity index (χ3n) is 3.85. The van der Waals surface area contributed by atoms with Crippen molar-refractivity contribution < 1.29 is 13.2 Å². The Kier molecular flexibility index (Phi) is 3.83. The van der Waals surface area contributed by atoms with Crippen LogP contribution in [-0.2, 0) is 10.0 Å². The number of anilines is 2. The molecule has 2 aromatic carbocycles. The number of amides is 1. The first kappa shape index (κ1) is 15.5. The molecule has 6 nitrogen and oxygen atoms in total. The molecule has 1 aliphatic rings. The first-order valence-electron chi connectivity index (χ1n) is 7.08. The summed E-state index contributed by atoms with van der Waals surface area (Å²) in [6.45, 7) is 0.215. The van der Waals surface area contributed by atoms with Gasteiger partial charge in [-0.05, 0) is 30.3 Å². The zero-order chi connectivity index (χ0) is 16.6. The fourth-order valence-corrected chi connectivity index (χ4v) is 3.79. The van der Waals surface area contributed by atoms with E-state index in [-0.39, 0.29) is 17.5 Å². The molecule has 0 aromatic heterocycles. The van der Waals surface area contributed by atoms with Crippen LogP contribution in [0.15, 0.2) is 53.4 Å². The predicted molar refractivity (Wildman–Crippen MR) is 89.2 cm³/mol. The molecular weight excluding hydrogens is 314 g/mol. The van der Waals surface area contributed by atoms with Crippen LogP contribution in [0.5, 0.6) is 0 Å². The van der Waals surface area contributed by atoms with Gasteiger partial charge in [0.15, 0.2) is 0 Å². The zero-order valence-corrected chi connectivity index (χ0v) is 13.7. The lowest BCUT2D eigenvalue weighted by Gasteiger charge is -2.28. The summed E-state index contributed by atoms with van der Waals surface area (Å²) in [5, 5.41) is 0. The highest BCUT2D eigenvalue weighted by Crippen LogP contribution is 2.29. The summed E-state index contributed by atoms with van der Waals surface area (Å²) >= 11 is 0. The molecule has 1 aliphatic heterocycles. The van der Waals surface area contributed by atoms with Crippen LogP contribution in [0.3, 0.4) is 0 Å². The maximum Gasteiger partial charge on any atom is 0.258 e. The molecule has 0 unspecified atom stereocenters. The second kappa shape index (κ2) is 5.68. The van der Waals surface area contributed by atoms with E-state index in [1.807, 2.05) is 30.3 Å². The number of hydrogen-bond donors (Lipinski definition) is 1. The lowest BCUT2D eigenvalue weighted by atomic mass is 10.1. The third-order valence-corrected chi connectivity index (χ3v) is 5.26. The molecule has 2 aromatic rings. The van der Waals surface area contributed by atoms with Gasteiger partial charge < -0.3 is 9.80 Å². The minimum absolute atomic E-state index is 0.124. The van der Waals surface area contributed by atoms with Gasteiger partial charge in [0.1, 0.15) is 4.90 Å². The van der Waals surface area contributed by atoms with Crippen molar-refractivity contribution in [2.24, 2.45) is 0 Å². The summed E-state index contributed by atoms with van der Waals surface area (Å²) in [6.07, 6.45) is 0. The van der Waals surface area contributed by atoms with Crippen LogP contribution in [0.2, 0.25) is 0 Å². The highest BCUT2D eigenvalue weighted by atomic mass is 32.2. The molecule has 0 saturated heterocycles. The molecule has 0 radical (unpaired) electrons. The first-order chi connectivity index (χ1) is 10.9. The van der Waals surface area contributed by atoms with E-state index in [0.717, 1.165) is 5.69 Å². The van der Waals surface area contributed by atoms with E-state index in [4.69, 9.17) is 0 Å². The van der Waals surface area contributed by atoms with E-state index in [0.29, 0.717) is 11.3 Å². The second-order valence-electron chi connectivity index (χ2n) is 5.39. The Labute approximate surface area is 135 Å². The molecule has 0 atom stereocenters. The van der Waals surface area contributed by atoms with Gasteiger partial charge in [-0.25, -0.2) is 8.42 Å². The number of hydrogen-bond acceptors (Lipinski definition) is 4. The normalized spacial score (nSPS) is 15.8. The molecule has 1 amide bonds. The minimum Gasteiger partial charge on any atom is -0.360 e. The van der Waals surface area contributed by atoms with Gasteiger partial charge in [0.05, 0.1) is 12.4 Å². The lowest BCUT2D eigenvalue weighted by Crippen LogP contribution is -2.41. The Morgan fingerprint density at radius 2 is 1.87 bits per heavy atom. The Morgan fingerprint density at radius 3 is 2.57 bits per heavy atom. The van der Waals surface area contributed by atoms with Crippen LogP contribution >= 0.6 is 0 Å². The van der Waals surface area contributed by atoms with Crippen LogP contribution in [0.25, 0.3) is 0 Å². The van der Waals surface area contributed by atoms with Gasteiger partial charge in [0.2, 0.25) is 10.0 Å². The number of rotatable bonds is 2. The largest absolute Gasteiger partial charge is 0.360 e. The molecule has 0 fully saturated rings. The summed E-state index contributed by atoms with van der Waals surface area (Å²) in [4.78, 5) is 16.0. The van der Waals surface area contributed by atoms with Crippen LogP contribution in [0.1, 0.15) is 10.4 Å². The predicted octanol–water partition coefficient (Wildman–Crippen LogP) is 1.65. The smallest absolute Gasteiger partial charge is 0.258 e. The molecule has 0 bridgehead atoms. The van der Waals surface area contributed by atoms with Crippen molar-refractivity contribution in [2.75, 3.05) is 30.6 Å². The zero-order valence-electron chi connectivity index (χ0n) is 12.9. The Bertz CT molecular complexity index is 850. The average molecular weight is 331 g/mol. The number of para-hydroxylation sites is 1. The van der Waals surface area contributed by atoms with Crippen molar-refractivity contribution in [3.63, 3.8) is 0 Å². The van der Waals surface area contributed by atoms with E-state index in [9.17, 15) is 13.2 Å². The van der Waals surface area contributed by atoms with Gasteiger partial charge in [-0.15, -0.1) is 0 Å². The van der Waals surface area contributed by atoms with Crippen LogP contribution < -0.4 is 14.5 Å². The fraction of sp³-hybridized carbons (Fsp3) is 0.188. The quantitative estimate of drug-likeness (QED) is 0.908. The molecule has 7 heteroatoms. The third kappa shape index (κ3) is 2.80. The van der Waals surface area contributed by atoms with Crippen LogP contribution in [0.4, 0.5) is 11.4 Å². The molecule has 120 valence electrons. The Hall–Kier alpha value is -2.38. The molecule has 23 heavy (non-hydrogen) atoms. The second-order valence-corrected chi connectivity index (χ2v) is 7.12. The van der Waals surface area contributed by atoms with E-state index >= 15 is 0 Å². The molecule has 0 saturated carbocycles. The van der Waals surface area contributed by atoms with Crippen molar-refractivity contribution in [3.05, 3.63) is 54.1 Å². The summed E-state index contributed by atoms with van der Waals surface area (Å²) in [5.74, 6) is -0.262. The summed E-state index contributed by atoms with van der Waals surface area (Å²) in [6, 6.07) is 13.9. The molecule has 1 heterocycles. The number of benzene rings is 2. The van der Waals surface area contributed by atoms with Gasteiger partial charge in [0, 0.05) is 25.3 Å². The summed E-state index contributed by atoms with van der Waals surface area (Å²) in [7, 11) is -0.131. The minimum atomic E-state index is -3.58. The van der Waals surface area contributed by atoms with Gasteiger partial charge >= 0.3 is 0 Å². The highest BCUT2D eigenvalue weighted by molar-refractivity contribution is 7.89. The topological polar surface area (TPSA) is 69.7 Å². The summed E-state index contributed by atoms with van der Waals surface area (Å²) < 4.78 is 26.8. The first-order valence-corrected chi connectivity index (χ1v) is 8.56. The van der Waals surface area contributed by atoms with E-state index < -0.39 is 10.0 Å². The molecule has 1 N–H and O–H groups in total. The number of carbonyl (C=O) groups excluding carboxylic acids is 1. The maximum absolute atomic E-state index is 12.6. The average Bonchev–Trinajstić information content (AvgIpc) is 2.58. The molecule has 0 spiro atoms. The van der Waals surface area contributed by atoms with Gasteiger partial charge in [0.25, 0.3) is 5.91 Å². The van der Waals surface area contributed by atoms with Gasteiger partial charge in [-0.3, -0.25) is 4.79 Å². The lowest BCUT2D eigenvalue weighted by molar-refractivity contribution is 0.0993. The van der Waals surface area contributed by atoms with Crippen molar-refractivity contribution in [1.82, 2.24) is 4.72 Å². The van der Waals surface area contributed by atoms with Crippen molar-refractivity contribution >= 4 is 27.3 Å². The standard InChI is InChI=1S/C16H17N3O3S/c1-18-11-17-23(21,22)15-10-12(8-9-14(15)18)16(20)19(2)13-6-4-3-5-7-13/h3-10,17H,11H2,1-2H3. The van der Waals surface area contributed by atoms with Crippen molar-refractivity contribution in [2.45, 2.75) is 4.90 Å². The van der Waals surface area contributed by atoms with Gasteiger partial charge in [-0.1, -0.05) is 18.2 Å². The highest BCUT2D eigenvalue weighted by Gasteiger charge is 2.27. The molecular formula is C16H17N3O3S. The van der Waals surface area contributed by atoms with Crippen LogP contribution in [0, 0.1) is 0 Å². The molecule has 3 rings (SSSR count). The number of fused-ring (bicyclic) bond motifs is 1. The van der Waals surface area contributed by atoms with Gasteiger partial charge in [-0.2, -0.15) is 4.72 Å². The molecule has 0 aliphatic carbocycles. The van der Waals surface area contributed by atoms with Crippen molar-refractivity contribution in [3.8, 4) is 0 Å². The SMILES string of the molecule is CN1CNS(=O)(=O)c2cc(C(=O)N(C)c3ccccc3)ccc21. The maximum atomic E-state index is 12.6. The van der Waals surface area contributed by atoms with E-state index in [1.54, 1.807) is 31.1 Å². The number of carbonyl (C=O) groups is 1. The monoisotopic (exact) mass is 331 g/mol. The van der Waals surface area contributed by atoms with E-state index in [1.165, 1.54) is 11.0 Å².